The van der Waals surface area contributed by atoms with Gasteiger partial charge in [0.1, 0.15) is 4.99 Å². The molecule has 0 fully saturated rings. The van der Waals surface area contributed by atoms with E-state index < -0.39 is 0 Å². The average Bonchev–Trinajstić information content (AvgIpc) is 2.20. The molecule has 0 bridgehead atoms. The fourth-order valence-electron chi connectivity index (χ4n) is 1.94. The molecule has 0 saturated carbocycles. The molecule has 0 unspecified atom stereocenters. The van der Waals surface area contributed by atoms with Crippen LogP contribution in [0.1, 0.15) is 31.9 Å². The van der Waals surface area contributed by atoms with Crippen molar-refractivity contribution in [3.8, 4) is 0 Å². The van der Waals surface area contributed by atoms with Crippen molar-refractivity contribution in [1.29, 1.82) is 0 Å². The summed E-state index contributed by atoms with van der Waals surface area (Å²) >= 11 is 4.97. The number of nitrogens with zero attached hydrogens (tertiary/aromatic N) is 1. The molecule has 0 saturated heterocycles. The fraction of sp³-hybridized carbons (Fsp3) is 0.462. The normalized spacial score (nSPS) is 10.6. The van der Waals surface area contributed by atoms with Gasteiger partial charge < -0.3 is 10.6 Å². The van der Waals surface area contributed by atoms with E-state index in [-0.39, 0.29) is 0 Å². The predicted octanol–water partition coefficient (Wildman–Crippen LogP) is 2.86. The van der Waals surface area contributed by atoms with E-state index in [1.807, 2.05) is 6.07 Å². The Hall–Kier alpha value is -1.09. The molecule has 0 aliphatic carbocycles. The van der Waals surface area contributed by atoms with Crippen LogP contribution < -0.4 is 10.6 Å². The predicted molar refractivity (Wildman–Crippen MR) is 75.2 cm³/mol. The van der Waals surface area contributed by atoms with Crippen LogP contribution in [0.4, 0.5) is 5.69 Å². The largest absolute Gasteiger partial charge is 0.389 e. The molecule has 1 rings (SSSR count). The lowest BCUT2D eigenvalue weighted by Crippen LogP contribution is -2.31. The van der Waals surface area contributed by atoms with Crippen LogP contribution in [0.2, 0.25) is 0 Å². The minimum atomic E-state index is 0.460. The SMILES string of the molecule is CCN(c1ccc(C(N)=S)cc1C)C(C)C. The number of aryl methyl sites for hydroxylation is 1. The van der Waals surface area contributed by atoms with Crippen LogP contribution in [0.25, 0.3) is 0 Å². The molecular weight excluding hydrogens is 216 g/mol. The van der Waals surface area contributed by atoms with Gasteiger partial charge in [0.05, 0.1) is 0 Å². The molecule has 0 spiro atoms. The standard InChI is InChI=1S/C13H20N2S/c1-5-15(9(2)3)12-7-6-11(13(14)16)8-10(12)4/h6-9H,5H2,1-4H3,(H2,14,16). The third kappa shape index (κ3) is 2.73. The van der Waals surface area contributed by atoms with Crippen LogP contribution in [-0.2, 0) is 0 Å². The zero-order valence-corrected chi connectivity index (χ0v) is 11.3. The van der Waals surface area contributed by atoms with Gasteiger partial charge in [0, 0.05) is 23.8 Å². The minimum absolute atomic E-state index is 0.460. The third-order valence-electron chi connectivity index (χ3n) is 2.75. The van der Waals surface area contributed by atoms with Crippen molar-refractivity contribution >= 4 is 22.9 Å². The maximum absolute atomic E-state index is 5.62. The summed E-state index contributed by atoms with van der Waals surface area (Å²) in [7, 11) is 0. The van der Waals surface area contributed by atoms with Crippen LogP contribution in [0, 0.1) is 6.92 Å². The lowest BCUT2D eigenvalue weighted by Gasteiger charge is -2.29. The summed E-state index contributed by atoms with van der Waals surface area (Å²) in [6, 6.07) is 6.66. The number of hydrogen-bond donors (Lipinski definition) is 1. The first-order valence-electron chi connectivity index (χ1n) is 5.64. The Balaban J connectivity index is 3.11. The van der Waals surface area contributed by atoms with Crippen molar-refractivity contribution in [2.24, 2.45) is 5.73 Å². The number of nitrogens with two attached hydrogens (primary N) is 1. The van der Waals surface area contributed by atoms with Crippen molar-refractivity contribution in [3.63, 3.8) is 0 Å². The van der Waals surface area contributed by atoms with Crippen LogP contribution in [0.15, 0.2) is 18.2 Å². The number of anilines is 1. The van der Waals surface area contributed by atoms with Crippen molar-refractivity contribution in [3.05, 3.63) is 29.3 Å². The first-order valence-corrected chi connectivity index (χ1v) is 6.05. The molecule has 88 valence electrons. The first-order chi connectivity index (χ1) is 7.47. The molecule has 16 heavy (non-hydrogen) atoms. The van der Waals surface area contributed by atoms with Gasteiger partial charge >= 0.3 is 0 Å². The molecule has 0 aliphatic rings. The zero-order chi connectivity index (χ0) is 12.3. The summed E-state index contributed by atoms with van der Waals surface area (Å²) in [4.78, 5) is 2.82. The first kappa shape index (κ1) is 13.0. The van der Waals surface area contributed by atoms with Gasteiger partial charge in [-0.15, -0.1) is 0 Å². The maximum atomic E-state index is 5.62. The Kier molecular flexibility index (Phi) is 4.30. The quantitative estimate of drug-likeness (QED) is 0.815. The molecule has 0 radical (unpaired) electrons. The van der Waals surface area contributed by atoms with Gasteiger partial charge in [-0.25, -0.2) is 0 Å². The second kappa shape index (κ2) is 5.30. The maximum Gasteiger partial charge on any atom is 0.103 e. The van der Waals surface area contributed by atoms with E-state index >= 15 is 0 Å². The van der Waals surface area contributed by atoms with E-state index in [0.717, 1.165) is 12.1 Å². The Morgan fingerprint density at radius 3 is 2.44 bits per heavy atom. The van der Waals surface area contributed by atoms with Gasteiger partial charge in [-0.3, -0.25) is 0 Å². The van der Waals surface area contributed by atoms with Crippen molar-refractivity contribution in [2.75, 3.05) is 11.4 Å². The van der Waals surface area contributed by atoms with E-state index in [1.54, 1.807) is 0 Å². The van der Waals surface area contributed by atoms with Crippen LogP contribution in [0.3, 0.4) is 0 Å². The second-order valence-corrected chi connectivity index (χ2v) is 4.69. The minimum Gasteiger partial charge on any atom is -0.389 e. The van der Waals surface area contributed by atoms with Crippen molar-refractivity contribution in [1.82, 2.24) is 0 Å². The molecule has 2 nitrogen and oxygen atoms in total. The van der Waals surface area contributed by atoms with E-state index in [9.17, 15) is 0 Å². The number of benzene rings is 1. The average molecular weight is 236 g/mol. The lowest BCUT2D eigenvalue weighted by molar-refractivity contribution is 0.701. The molecule has 3 heteroatoms. The highest BCUT2D eigenvalue weighted by Gasteiger charge is 2.11. The molecule has 0 heterocycles. The molecule has 1 aromatic carbocycles. The van der Waals surface area contributed by atoms with E-state index in [2.05, 4.69) is 44.7 Å². The third-order valence-corrected chi connectivity index (χ3v) is 2.99. The van der Waals surface area contributed by atoms with Gasteiger partial charge in [0.2, 0.25) is 0 Å². The van der Waals surface area contributed by atoms with Gasteiger partial charge in [0.15, 0.2) is 0 Å². The van der Waals surface area contributed by atoms with E-state index in [0.29, 0.717) is 11.0 Å². The highest BCUT2D eigenvalue weighted by molar-refractivity contribution is 7.80. The Labute approximate surface area is 103 Å². The summed E-state index contributed by atoms with van der Waals surface area (Å²) in [5.74, 6) is 0. The zero-order valence-electron chi connectivity index (χ0n) is 10.4. The van der Waals surface area contributed by atoms with Crippen LogP contribution in [0.5, 0.6) is 0 Å². The lowest BCUT2D eigenvalue weighted by atomic mass is 10.1. The van der Waals surface area contributed by atoms with Crippen molar-refractivity contribution < 1.29 is 0 Å². The summed E-state index contributed by atoms with van der Waals surface area (Å²) in [5, 5.41) is 0. The second-order valence-electron chi connectivity index (χ2n) is 4.25. The van der Waals surface area contributed by atoms with Crippen molar-refractivity contribution in [2.45, 2.75) is 33.7 Å². The summed E-state index contributed by atoms with van der Waals surface area (Å²) < 4.78 is 0. The Morgan fingerprint density at radius 2 is 2.06 bits per heavy atom. The summed E-state index contributed by atoms with van der Waals surface area (Å²) in [6.45, 7) is 9.67. The monoisotopic (exact) mass is 236 g/mol. The van der Waals surface area contributed by atoms with E-state index in [1.165, 1.54) is 11.3 Å². The number of hydrogen-bond acceptors (Lipinski definition) is 2. The molecule has 0 amide bonds. The molecule has 1 aromatic rings. The molecule has 2 N–H and O–H groups in total. The van der Waals surface area contributed by atoms with E-state index in [4.69, 9.17) is 18.0 Å². The summed E-state index contributed by atoms with van der Waals surface area (Å²) in [6.07, 6.45) is 0. The molecule has 0 aliphatic heterocycles. The number of thiocarbonyl (C=S) groups is 1. The highest BCUT2D eigenvalue weighted by Crippen LogP contribution is 2.23. The van der Waals surface area contributed by atoms with Gasteiger partial charge in [-0.05, 0) is 51.5 Å². The van der Waals surface area contributed by atoms with Gasteiger partial charge in [-0.1, -0.05) is 12.2 Å². The molecule has 0 aromatic heterocycles. The molecule has 0 atom stereocenters. The molecular formula is C13H20N2S. The Bertz CT molecular complexity index is 386. The highest BCUT2D eigenvalue weighted by atomic mass is 32.1. The Morgan fingerprint density at radius 1 is 1.44 bits per heavy atom. The smallest absolute Gasteiger partial charge is 0.103 e. The number of rotatable bonds is 4. The van der Waals surface area contributed by atoms with Crippen LogP contribution >= 0.6 is 12.2 Å². The summed E-state index contributed by atoms with van der Waals surface area (Å²) in [5.41, 5.74) is 9.04. The van der Waals surface area contributed by atoms with Gasteiger partial charge in [0.25, 0.3) is 0 Å². The topological polar surface area (TPSA) is 29.3 Å². The van der Waals surface area contributed by atoms with Crippen LogP contribution in [-0.4, -0.2) is 17.6 Å². The van der Waals surface area contributed by atoms with Gasteiger partial charge in [-0.2, -0.15) is 0 Å². The fourth-order valence-corrected chi connectivity index (χ4v) is 2.07.